The van der Waals surface area contributed by atoms with Crippen LogP contribution in [0.1, 0.15) is 26.7 Å². The molecule has 0 radical (unpaired) electrons. The second-order valence-electron chi connectivity index (χ2n) is 4.72. The normalized spacial score (nSPS) is 11.5. The summed E-state index contributed by atoms with van der Waals surface area (Å²) < 4.78 is 3.54. The Morgan fingerprint density at radius 3 is 2.81 bits per heavy atom. The molecular formula is C14H18BrN. The van der Waals surface area contributed by atoms with Crippen LogP contribution in [0.4, 0.5) is 0 Å². The van der Waals surface area contributed by atoms with Gasteiger partial charge in [0.25, 0.3) is 0 Å². The quantitative estimate of drug-likeness (QED) is 0.755. The Morgan fingerprint density at radius 2 is 2.06 bits per heavy atom. The Morgan fingerprint density at radius 1 is 1.25 bits per heavy atom. The molecule has 0 saturated heterocycles. The van der Waals surface area contributed by atoms with Gasteiger partial charge in [-0.3, -0.25) is 0 Å². The van der Waals surface area contributed by atoms with E-state index in [0.717, 1.165) is 12.5 Å². The Kier molecular flexibility index (Phi) is 3.70. The van der Waals surface area contributed by atoms with Gasteiger partial charge in [0.15, 0.2) is 0 Å². The van der Waals surface area contributed by atoms with Gasteiger partial charge in [-0.05, 0) is 37.0 Å². The van der Waals surface area contributed by atoms with Gasteiger partial charge in [-0.25, -0.2) is 0 Å². The van der Waals surface area contributed by atoms with Gasteiger partial charge in [-0.15, -0.1) is 0 Å². The lowest BCUT2D eigenvalue weighted by Crippen LogP contribution is -1.98. The maximum absolute atomic E-state index is 3.59. The third-order valence-electron chi connectivity index (χ3n) is 2.94. The van der Waals surface area contributed by atoms with Gasteiger partial charge in [0, 0.05) is 28.1 Å². The topological polar surface area (TPSA) is 4.93 Å². The van der Waals surface area contributed by atoms with Gasteiger partial charge < -0.3 is 4.57 Å². The van der Waals surface area contributed by atoms with E-state index in [1.165, 1.54) is 28.2 Å². The second kappa shape index (κ2) is 5.05. The third kappa shape index (κ3) is 2.49. The standard InChI is InChI=1S/C14H18BrN/c1-11(2)5-4-9-16-10-8-12-13(15)6-3-7-14(12)16/h3,6-8,10-11H,4-5,9H2,1-2H3. The molecule has 2 rings (SSSR count). The van der Waals surface area contributed by atoms with Crippen LogP contribution in [0.2, 0.25) is 0 Å². The first kappa shape index (κ1) is 11.7. The molecule has 1 heterocycles. The van der Waals surface area contributed by atoms with Gasteiger partial charge in [0.2, 0.25) is 0 Å². The molecule has 0 aliphatic rings. The van der Waals surface area contributed by atoms with Gasteiger partial charge in [0.05, 0.1) is 0 Å². The van der Waals surface area contributed by atoms with Crippen LogP contribution < -0.4 is 0 Å². The van der Waals surface area contributed by atoms with E-state index >= 15 is 0 Å². The summed E-state index contributed by atoms with van der Waals surface area (Å²) in [5.74, 6) is 0.800. The molecule has 0 fully saturated rings. The highest BCUT2D eigenvalue weighted by molar-refractivity contribution is 9.10. The molecule has 16 heavy (non-hydrogen) atoms. The summed E-state index contributed by atoms with van der Waals surface area (Å²) >= 11 is 3.59. The van der Waals surface area contributed by atoms with E-state index in [1.54, 1.807) is 0 Å². The molecule has 0 bridgehead atoms. The zero-order chi connectivity index (χ0) is 11.5. The number of rotatable bonds is 4. The predicted octanol–water partition coefficient (Wildman–Crippen LogP) is 4.84. The van der Waals surface area contributed by atoms with Gasteiger partial charge in [-0.2, -0.15) is 0 Å². The minimum absolute atomic E-state index is 0.800. The van der Waals surface area contributed by atoms with Crippen LogP contribution >= 0.6 is 15.9 Å². The Labute approximate surface area is 106 Å². The molecule has 1 aromatic heterocycles. The molecule has 0 amide bonds. The third-order valence-corrected chi connectivity index (χ3v) is 3.63. The Bertz CT molecular complexity index is 471. The van der Waals surface area contributed by atoms with Crippen LogP contribution in [0.25, 0.3) is 10.9 Å². The van der Waals surface area contributed by atoms with E-state index < -0.39 is 0 Å². The fourth-order valence-corrected chi connectivity index (χ4v) is 2.54. The summed E-state index contributed by atoms with van der Waals surface area (Å²) in [6, 6.07) is 8.58. The predicted molar refractivity (Wildman–Crippen MR) is 73.7 cm³/mol. The molecule has 0 spiro atoms. The van der Waals surface area contributed by atoms with Crippen LogP contribution in [0, 0.1) is 5.92 Å². The van der Waals surface area contributed by atoms with Crippen molar-refractivity contribution in [1.29, 1.82) is 0 Å². The van der Waals surface area contributed by atoms with Crippen molar-refractivity contribution in [3.63, 3.8) is 0 Å². The van der Waals surface area contributed by atoms with Crippen LogP contribution in [0.15, 0.2) is 34.9 Å². The van der Waals surface area contributed by atoms with Crippen molar-refractivity contribution in [2.24, 2.45) is 5.92 Å². The first-order valence-corrected chi connectivity index (χ1v) is 6.71. The number of fused-ring (bicyclic) bond motifs is 1. The summed E-state index contributed by atoms with van der Waals surface area (Å²) in [7, 11) is 0. The van der Waals surface area contributed by atoms with Crippen molar-refractivity contribution in [2.45, 2.75) is 33.2 Å². The lowest BCUT2D eigenvalue weighted by atomic mass is 10.1. The highest BCUT2D eigenvalue weighted by Crippen LogP contribution is 2.25. The molecule has 86 valence electrons. The van der Waals surface area contributed by atoms with Gasteiger partial charge in [-0.1, -0.05) is 35.8 Å². The van der Waals surface area contributed by atoms with Crippen LogP contribution in [0.5, 0.6) is 0 Å². The molecule has 0 N–H and O–H groups in total. The van der Waals surface area contributed by atoms with Gasteiger partial charge in [0.1, 0.15) is 0 Å². The number of halogens is 1. The van der Waals surface area contributed by atoms with Crippen molar-refractivity contribution >= 4 is 26.8 Å². The van der Waals surface area contributed by atoms with Crippen molar-refractivity contribution in [3.8, 4) is 0 Å². The maximum Gasteiger partial charge on any atom is 0.0491 e. The monoisotopic (exact) mass is 279 g/mol. The lowest BCUT2D eigenvalue weighted by Gasteiger charge is -2.07. The Balaban J connectivity index is 2.16. The number of benzene rings is 1. The SMILES string of the molecule is CC(C)CCCn1ccc2c(Br)cccc21. The number of hydrogen-bond donors (Lipinski definition) is 0. The molecule has 2 aromatic rings. The molecular weight excluding hydrogens is 262 g/mol. The average Bonchev–Trinajstić information content (AvgIpc) is 2.63. The van der Waals surface area contributed by atoms with E-state index in [9.17, 15) is 0 Å². The summed E-state index contributed by atoms with van der Waals surface area (Å²) in [6.07, 6.45) is 4.75. The maximum atomic E-state index is 3.59. The highest BCUT2D eigenvalue weighted by Gasteiger charge is 2.03. The molecule has 0 saturated carbocycles. The first-order chi connectivity index (χ1) is 7.68. The summed E-state index contributed by atoms with van der Waals surface area (Å²) in [6.45, 7) is 5.69. The fourth-order valence-electron chi connectivity index (χ4n) is 2.05. The highest BCUT2D eigenvalue weighted by atomic mass is 79.9. The van der Waals surface area contributed by atoms with Crippen molar-refractivity contribution < 1.29 is 0 Å². The second-order valence-corrected chi connectivity index (χ2v) is 5.57. The molecule has 0 aliphatic heterocycles. The zero-order valence-corrected chi connectivity index (χ0v) is 11.5. The number of aryl methyl sites for hydroxylation is 1. The van der Waals surface area contributed by atoms with Crippen molar-refractivity contribution in [2.75, 3.05) is 0 Å². The van der Waals surface area contributed by atoms with E-state index in [2.05, 4.69) is 64.8 Å². The summed E-state index contributed by atoms with van der Waals surface area (Å²) in [4.78, 5) is 0. The van der Waals surface area contributed by atoms with E-state index in [-0.39, 0.29) is 0 Å². The van der Waals surface area contributed by atoms with E-state index in [1.807, 2.05) is 0 Å². The smallest absolute Gasteiger partial charge is 0.0491 e. The molecule has 0 unspecified atom stereocenters. The van der Waals surface area contributed by atoms with Crippen LogP contribution in [-0.2, 0) is 6.54 Å². The fraction of sp³-hybridized carbons (Fsp3) is 0.429. The Hall–Kier alpha value is -0.760. The minimum Gasteiger partial charge on any atom is -0.347 e. The van der Waals surface area contributed by atoms with Crippen LogP contribution in [0.3, 0.4) is 0 Å². The number of hydrogen-bond acceptors (Lipinski definition) is 0. The number of aromatic nitrogens is 1. The van der Waals surface area contributed by atoms with E-state index in [4.69, 9.17) is 0 Å². The van der Waals surface area contributed by atoms with Gasteiger partial charge >= 0.3 is 0 Å². The molecule has 1 aromatic carbocycles. The van der Waals surface area contributed by atoms with Crippen LogP contribution in [-0.4, -0.2) is 4.57 Å². The average molecular weight is 280 g/mol. The molecule has 0 aliphatic carbocycles. The molecule has 2 heteroatoms. The summed E-state index contributed by atoms with van der Waals surface area (Å²) in [5.41, 5.74) is 1.33. The minimum atomic E-state index is 0.800. The largest absolute Gasteiger partial charge is 0.347 e. The van der Waals surface area contributed by atoms with E-state index in [0.29, 0.717) is 0 Å². The van der Waals surface area contributed by atoms with Crippen molar-refractivity contribution in [3.05, 3.63) is 34.9 Å². The molecule has 0 atom stereocenters. The lowest BCUT2D eigenvalue weighted by molar-refractivity contribution is 0.518. The summed E-state index contributed by atoms with van der Waals surface area (Å²) in [5, 5.41) is 1.31. The molecule has 1 nitrogen and oxygen atoms in total. The zero-order valence-electron chi connectivity index (χ0n) is 9.91. The van der Waals surface area contributed by atoms with Crippen molar-refractivity contribution in [1.82, 2.24) is 4.57 Å². The number of nitrogens with zero attached hydrogens (tertiary/aromatic N) is 1. The first-order valence-electron chi connectivity index (χ1n) is 5.92.